The number of nitrogens with zero attached hydrogens (tertiary/aromatic N) is 3. The Balaban J connectivity index is 1.60. The summed E-state index contributed by atoms with van der Waals surface area (Å²) < 4.78 is 6.36. The van der Waals surface area contributed by atoms with Gasteiger partial charge in [0.05, 0.1) is 22.2 Å². The number of thioether (sulfide) groups is 1. The average Bonchev–Trinajstić information content (AvgIpc) is 3.32. The highest BCUT2D eigenvalue weighted by atomic mass is 32.2. The van der Waals surface area contributed by atoms with Gasteiger partial charge >= 0.3 is 0 Å². The molecule has 0 atom stereocenters. The highest BCUT2D eigenvalue weighted by molar-refractivity contribution is 8.27. The summed E-state index contributed by atoms with van der Waals surface area (Å²) in [4.78, 5) is 17.0. The van der Waals surface area contributed by atoms with Crippen molar-refractivity contribution in [1.82, 2.24) is 0 Å². The first-order valence-corrected chi connectivity index (χ1v) is 10.3. The van der Waals surface area contributed by atoms with Crippen LogP contribution in [0.25, 0.3) is 17.4 Å². The van der Waals surface area contributed by atoms with Crippen molar-refractivity contribution in [2.45, 2.75) is 0 Å². The third-order valence-corrected chi connectivity index (χ3v) is 5.93. The summed E-state index contributed by atoms with van der Waals surface area (Å²) in [7, 11) is 3.92. The van der Waals surface area contributed by atoms with Gasteiger partial charge in [0.1, 0.15) is 11.5 Å². The lowest BCUT2D eigenvalue weighted by Crippen LogP contribution is -2.27. The van der Waals surface area contributed by atoms with Crippen molar-refractivity contribution >= 4 is 51.7 Å². The zero-order valence-corrected chi connectivity index (χ0v) is 18.0. The molecule has 1 saturated heterocycles. The lowest BCUT2D eigenvalue weighted by Gasteiger charge is -2.17. The van der Waals surface area contributed by atoms with Crippen molar-refractivity contribution in [2.24, 2.45) is 0 Å². The van der Waals surface area contributed by atoms with E-state index >= 15 is 0 Å². The molecule has 5 nitrogen and oxygen atoms in total. The number of hydrogen-bond acceptors (Lipinski definition) is 6. The lowest BCUT2D eigenvalue weighted by molar-refractivity contribution is -0.113. The fourth-order valence-corrected chi connectivity index (χ4v) is 4.37. The van der Waals surface area contributed by atoms with E-state index < -0.39 is 0 Å². The number of rotatable bonds is 4. The van der Waals surface area contributed by atoms with Crippen molar-refractivity contribution in [3.8, 4) is 17.4 Å². The van der Waals surface area contributed by atoms with Gasteiger partial charge in [-0.3, -0.25) is 9.69 Å². The Morgan fingerprint density at radius 2 is 1.83 bits per heavy atom. The number of anilines is 2. The quantitative estimate of drug-likeness (QED) is 0.413. The Bertz CT molecular complexity index is 1200. The van der Waals surface area contributed by atoms with Crippen LogP contribution in [0.2, 0.25) is 0 Å². The fourth-order valence-electron chi connectivity index (χ4n) is 3.09. The molecule has 148 valence electrons. The Kier molecular flexibility index (Phi) is 5.44. The normalized spacial score (nSPS) is 15.0. The number of furan rings is 1. The number of carbonyl (C=O) groups is 1. The van der Waals surface area contributed by atoms with E-state index in [0.29, 0.717) is 31.9 Å². The summed E-state index contributed by atoms with van der Waals surface area (Å²) in [5, 5.41) is 9.29. The van der Waals surface area contributed by atoms with Crippen LogP contribution < -0.4 is 9.80 Å². The average molecular weight is 432 g/mol. The molecule has 1 aliphatic heterocycles. The maximum absolute atomic E-state index is 13.0. The molecule has 0 unspecified atom stereocenters. The van der Waals surface area contributed by atoms with E-state index in [1.807, 2.05) is 61.5 Å². The summed E-state index contributed by atoms with van der Waals surface area (Å²) in [6.07, 6.45) is 1.69. The maximum Gasteiger partial charge on any atom is 0.270 e. The van der Waals surface area contributed by atoms with Gasteiger partial charge in [-0.2, -0.15) is 5.26 Å². The van der Waals surface area contributed by atoms with E-state index in [0.717, 1.165) is 11.4 Å². The molecular weight excluding hydrogens is 414 g/mol. The SMILES string of the molecule is CN(C)c1ccc(N2C(=O)/C(=C\c3ccc(-c4ccccc4C#N)o3)SC2=S)cc1. The van der Waals surface area contributed by atoms with Crippen molar-refractivity contribution in [2.75, 3.05) is 23.9 Å². The van der Waals surface area contributed by atoms with Crippen LogP contribution in [0.4, 0.5) is 11.4 Å². The predicted molar refractivity (Wildman–Crippen MR) is 125 cm³/mol. The van der Waals surface area contributed by atoms with E-state index in [-0.39, 0.29) is 5.91 Å². The van der Waals surface area contributed by atoms with Crippen LogP contribution in [0.15, 0.2) is 70.0 Å². The largest absolute Gasteiger partial charge is 0.457 e. The first-order valence-electron chi connectivity index (χ1n) is 9.12. The number of thiocarbonyl (C=S) groups is 1. The minimum absolute atomic E-state index is 0.182. The summed E-state index contributed by atoms with van der Waals surface area (Å²) in [6, 6.07) is 20.6. The molecule has 4 rings (SSSR count). The van der Waals surface area contributed by atoms with Crippen molar-refractivity contribution in [1.29, 1.82) is 5.26 Å². The molecule has 30 heavy (non-hydrogen) atoms. The van der Waals surface area contributed by atoms with Gasteiger partial charge in [0.15, 0.2) is 4.32 Å². The van der Waals surface area contributed by atoms with Gasteiger partial charge in [0.2, 0.25) is 0 Å². The topological polar surface area (TPSA) is 60.5 Å². The van der Waals surface area contributed by atoms with Gasteiger partial charge in [-0.05, 0) is 48.5 Å². The Hall–Kier alpha value is -3.34. The van der Waals surface area contributed by atoms with E-state index in [2.05, 4.69) is 6.07 Å². The number of carbonyl (C=O) groups excluding carboxylic acids is 1. The van der Waals surface area contributed by atoms with Gasteiger partial charge in [0, 0.05) is 31.4 Å². The minimum atomic E-state index is -0.182. The molecule has 0 bridgehead atoms. The zero-order chi connectivity index (χ0) is 21.3. The molecule has 3 aromatic rings. The Morgan fingerprint density at radius 1 is 1.10 bits per heavy atom. The molecule has 1 aliphatic rings. The molecule has 1 amide bonds. The number of amides is 1. The second-order valence-corrected chi connectivity index (χ2v) is 8.46. The molecule has 2 aromatic carbocycles. The number of nitriles is 1. The van der Waals surface area contributed by atoms with Crippen molar-refractivity contribution in [3.05, 3.63) is 76.9 Å². The predicted octanol–water partition coefficient (Wildman–Crippen LogP) is 5.29. The van der Waals surface area contributed by atoms with Gasteiger partial charge in [-0.1, -0.05) is 36.1 Å². The third-order valence-electron chi connectivity index (χ3n) is 4.63. The molecule has 0 saturated carbocycles. The number of benzene rings is 2. The van der Waals surface area contributed by atoms with Crippen LogP contribution in [0.1, 0.15) is 11.3 Å². The van der Waals surface area contributed by atoms with Crippen LogP contribution in [-0.2, 0) is 4.79 Å². The van der Waals surface area contributed by atoms with Crippen LogP contribution in [-0.4, -0.2) is 24.3 Å². The first-order chi connectivity index (χ1) is 14.5. The number of hydrogen-bond donors (Lipinski definition) is 0. The Morgan fingerprint density at radius 3 is 2.53 bits per heavy atom. The van der Waals surface area contributed by atoms with Crippen molar-refractivity contribution in [3.63, 3.8) is 0 Å². The first kappa shape index (κ1) is 20.0. The second-order valence-electron chi connectivity index (χ2n) is 6.79. The van der Waals surface area contributed by atoms with Crippen LogP contribution in [0.5, 0.6) is 0 Å². The standard InChI is InChI=1S/C23H17N3O2S2/c1-25(2)16-7-9-17(10-8-16)26-22(27)21(30-23(26)29)13-18-11-12-20(28-18)19-6-4-3-5-15(19)14-24/h3-13H,1-2H3/b21-13+. The summed E-state index contributed by atoms with van der Waals surface area (Å²) >= 11 is 6.68. The van der Waals surface area contributed by atoms with E-state index in [1.165, 1.54) is 16.7 Å². The lowest BCUT2D eigenvalue weighted by atomic mass is 10.1. The van der Waals surface area contributed by atoms with Gasteiger partial charge < -0.3 is 9.32 Å². The molecule has 2 heterocycles. The van der Waals surface area contributed by atoms with Crippen molar-refractivity contribution < 1.29 is 9.21 Å². The summed E-state index contributed by atoms with van der Waals surface area (Å²) in [5.74, 6) is 0.923. The monoisotopic (exact) mass is 431 g/mol. The van der Waals surface area contributed by atoms with E-state index in [4.69, 9.17) is 16.6 Å². The molecule has 7 heteroatoms. The molecular formula is C23H17N3O2S2. The molecule has 0 N–H and O–H groups in total. The molecule has 1 aromatic heterocycles. The third kappa shape index (κ3) is 3.75. The van der Waals surface area contributed by atoms with Gasteiger partial charge in [-0.25, -0.2) is 0 Å². The van der Waals surface area contributed by atoms with Crippen LogP contribution >= 0.6 is 24.0 Å². The molecule has 0 aliphatic carbocycles. The second kappa shape index (κ2) is 8.19. The van der Waals surface area contributed by atoms with Crippen LogP contribution in [0, 0.1) is 11.3 Å². The molecule has 0 spiro atoms. The highest BCUT2D eigenvalue weighted by Gasteiger charge is 2.33. The molecule has 0 radical (unpaired) electrons. The van der Waals surface area contributed by atoms with Gasteiger partial charge in [0.25, 0.3) is 5.91 Å². The summed E-state index contributed by atoms with van der Waals surface area (Å²) in [6.45, 7) is 0. The Labute approximate surface area is 184 Å². The fraction of sp³-hybridized carbons (Fsp3) is 0.0870. The maximum atomic E-state index is 13.0. The minimum Gasteiger partial charge on any atom is -0.457 e. The van der Waals surface area contributed by atoms with Gasteiger partial charge in [-0.15, -0.1) is 0 Å². The van der Waals surface area contributed by atoms with E-state index in [1.54, 1.807) is 24.3 Å². The summed E-state index contributed by atoms with van der Waals surface area (Å²) in [5.41, 5.74) is 3.02. The molecule has 1 fully saturated rings. The van der Waals surface area contributed by atoms with E-state index in [9.17, 15) is 10.1 Å². The zero-order valence-electron chi connectivity index (χ0n) is 16.3. The highest BCUT2D eigenvalue weighted by Crippen LogP contribution is 2.37. The smallest absolute Gasteiger partial charge is 0.270 e. The van der Waals surface area contributed by atoms with Crippen LogP contribution in [0.3, 0.4) is 0 Å².